The van der Waals surface area contributed by atoms with Gasteiger partial charge in [-0.3, -0.25) is 14.7 Å². The number of hydrogen-bond donors (Lipinski definition) is 0. The SMILES string of the molecule is CC1CN(S(=O)(=O)c2ccc(C(=O)N(Cc3ccccn3)c3nc4ccccc4s3)cc2)CC(C)O1. The van der Waals surface area contributed by atoms with E-state index in [1.54, 1.807) is 23.2 Å². The van der Waals surface area contributed by atoms with E-state index in [-0.39, 0.29) is 29.6 Å². The number of carbonyl (C=O) groups excluding carboxylic acids is 1. The molecule has 186 valence electrons. The van der Waals surface area contributed by atoms with Crippen LogP contribution in [0.1, 0.15) is 29.9 Å². The molecule has 2 unspecified atom stereocenters. The lowest BCUT2D eigenvalue weighted by atomic mass is 10.2. The Hall–Kier alpha value is -3.18. The third-order valence-corrected chi connectivity index (χ3v) is 8.84. The predicted octanol–water partition coefficient (Wildman–Crippen LogP) is 4.34. The Morgan fingerprint density at radius 3 is 2.39 bits per heavy atom. The van der Waals surface area contributed by atoms with Gasteiger partial charge in [-0.05, 0) is 62.4 Å². The number of aromatic nitrogens is 2. The van der Waals surface area contributed by atoms with Gasteiger partial charge in [-0.1, -0.05) is 29.5 Å². The van der Waals surface area contributed by atoms with Crippen molar-refractivity contribution in [3.8, 4) is 0 Å². The number of sulfonamides is 1. The Morgan fingerprint density at radius 2 is 1.72 bits per heavy atom. The number of amides is 1. The third kappa shape index (κ3) is 5.03. The maximum atomic E-state index is 13.7. The van der Waals surface area contributed by atoms with Gasteiger partial charge in [0.05, 0.1) is 39.6 Å². The lowest BCUT2D eigenvalue weighted by molar-refractivity contribution is -0.0440. The minimum atomic E-state index is -3.70. The van der Waals surface area contributed by atoms with Crippen LogP contribution >= 0.6 is 11.3 Å². The molecule has 2 aromatic carbocycles. The summed E-state index contributed by atoms with van der Waals surface area (Å²) in [4.78, 5) is 24.4. The Balaban J connectivity index is 1.44. The number of benzene rings is 2. The molecule has 1 amide bonds. The van der Waals surface area contributed by atoms with Crippen LogP contribution in [0.5, 0.6) is 0 Å². The zero-order valence-electron chi connectivity index (χ0n) is 19.9. The molecule has 1 aliphatic heterocycles. The van der Waals surface area contributed by atoms with Gasteiger partial charge in [-0.15, -0.1) is 0 Å². The summed E-state index contributed by atoms with van der Waals surface area (Å²) >= 11 is 1.43. The summed E-state index contributed by atoms with van der Waals surface area (Å²) in [5.74, 6) is -0.280. The topological polar surface area (TPSA) is 92.7 Å². The fourth-order valence-electron chi connectivity index (χ4n) is 4.26. The van der Waals surface area contributed by atoms with Gasteiger partial charge >= 0.3 is 0 Å². The largest absolute Gasteiger partial charge is 0.373 e. The van der Waals surface area contributed by atoms with Gasteiger partial charge in [0.25, 0.3) is 5.91 Å². The normalized spacial score (nSPS) is 18.8. The Morgan fingerprint density at radius 1 is 1.03 bits per heavy atom. The molecule has 8 nitrogen and oxygen atoms in total. The Bertz CT molecular complexity index is 1430. The molecule has 1 fully saturated rings. The van der Waals surface area contributed by atoms with E-state index in [4.69, 9.17) is 4.74 Å². The number of pyridine rings is 1. The summed E-state index contributed by atoms with van der Waals surface area (Å²) in [6.07, 6.45) is 1.32. The minimum Gasteiger partial charge on any atom is -0.373 e. The summed E-state index contributed by atoms with van der Waals surface area (Å²) in [5.41, 5.74) is 1.90. The van der Waals surface area contributed by atoms with Gasteiger partial charge in [0.2, 0.25) is 10.0 Å². The van der Waals surface area contributed by atoms with Crippen LogP contribution in [0.3, 0.4) is 0 Å². The molecule has 0 N–H and O–H groups in total. The Labute approximate surface area is 214 Å². The number of nitrogens with zero attached hydrogens (tertiary/aromatic N) is 4. The van der Waals surface area contributed by atoms with Gasteiger partial charge in [-0.2, -0.15) is 4.31 Å². The van der Waals surface area contributed by atoms with Crippen molar-refractivity contribution in [2.75, 3.05) is 18.0 Å². The van der Waals surface area contributed by atoms with Crippen molar-refractivity contribution in [1.82, 2.24) is 14.3 Å². The van der Waals surface area contributed by atoms with Gasteiger partial charge in [0.1, 0.15) is 0 Å². The average molecular weight is 523 g/mol. The number of thiazole rings is 1. The number of para-hydroxylation sites is 1. The van der Waals surface area contributed by atoms with Crippen LogP contribution in [0, 0.1) is 0 Å². The highest BCUT2D eigenvalue weighted by Gasteiger charge is 2.32. The molecular weight excluding hydrogens is 496 g/mol. The molecule has 3 heterocycles. The molecular formula is C26H26N4O4S2. The number of anilines is 1. The lowest BCUT2D eigenvalue weighted by Crippen LogP contribution is -2.48. The maximum Gasteiger partial charge on any atom is 0.260 e. The first kappa shape index (κ1) is 24.5. The molecule has 10 heteroatoms. The molecule has 1 saturated heterocycles. The summed E-state index contributed by atoms with van der Waals surface area (Å²) in [6, 6.07) is 19.4. The van der Waals surface area contributed by atoms with Gasteiger partial charge in [-0.25, -0.2) is 13.4 Å². The van der Waals surface area contributed by atoms with E-state index in [1.165, 1.54) is 27.8 Å². The van der Waals surface area contributed by atoms with Crippen molar-refractivity contribution >= 4 is 42.6 Å². The molecule has 0 saturated carbocycles. The second-order valence-corrected chi connectivity index (χ2v) is 11.7. The molecule has 0 bridgehead atoms. The van der Waals surface area contributed by atoms with E-state index < -0.39 is 10.0 Å². The molecule has 1 aliphatic rings. The van der Waals surface area contributed by atoms with Crippen molar-refractivity contribution < 1.29 is 17.9 Å². The molecule has 0 radical (unpaired) electrons. The number of morpholine rings is 1. The highest BCUT2D eigenvalue weighted by Crippen LogP contribution is 2.31. The van der Waals surface area contributed by atoms with Crippen LogP contribution in [0.25, 0.3) is 10.2 Å². The molecule has 0 aliphatic carbocycles. The van der Waals surface area contributed by atoms with E-state index >= 15 is 0 Å². The zero-order chi connectivity index (χ0) is 25.3. The zero-order valence-corrected chi connectivity index (χ0v) is 21.6. The molecule has 0 spiro atoms. The first-order valence-electron chi connectivity index (χ1n) is 11.6. The third-order valence-electron chi connectivity index (χ3n) is 5.93. The highest BCUT2D eigenvalue weighted by atomic mass is 32.2. The fourth-order valence-corrected chi connectivity index (χ4v) is 6.81. The summed E-state index contributed by atoms with van der Waals surface area (Å²) in [5, 5.41) is 0.555. The first-order valence-corrected chi connectivity index (χ1v) is 13.9. The number of hydrogen-bond acceptors (Lipinski definition) is 7. The molecule has 4 aromatic rings. The predicted molar refractivity (Wildman–Crippen MR) is 140 cm³/mol. The first-order chi connectivity index (χ1) is 17.3. The average Bonchev–Trinajstić information content (AvgIpc) is 3.31. The van der Waals surface area contributed by atoms with Crippen LogP contribution in [0.4, 0.5) is 5.13 Å². The summed E-state index contributed by atoms with van der Waals surface area (Å²) in [7, 11) is -3.70. The molecule has 2 aromatic heterocycles. The molecule has 36 heavy (non-hydrogen) atoms. The second kappa shape index (κ2) is 10.1. The highest BCUT2D eigenvalue weighted by molar-refractivity contribution is 7.89. The maximum absolute atomic E-state index is 13.7. The van der Waals surface area contributed by atoms with E-state index in [0.29, 0.717) is 23.8 Å². The van der Waals surface area contributed by atoms with Gasteiger partial charge in [0, 0.05) is 24.8 Å². The van der Waals surface area contributed by atoms with Crippen molar-refractivity contribution in [3.63, 3.8) is 0 Å². The van der Waals surface area contributed by atoms with Crippen molar-refractivity contribution in [1.29, 1.82) is 0 Å². The van der Waals surface area contributed by atoms with E-state index in [2.05, 4.69) is 9.97 Å². The molecule has 5 rings (SSSR count). The monoisotopic (exact) mass is 522 g/mol. The van der Waals surface area contributed by atoms with Crippen LogP contribution in [-0.4, -0.2) is 53.9 Å². The minimum absolute atomic E-state index is 0.150. The van der Waals surface area contributed by atoms with Crippen LogP contribution < -0.4 is 4.90 Å². The van der Waals surface area contributed by atoms with Crippen LogP contribution in [0.15, 0.2) is 77.8 Å². The number of carbonyl (C=O) groups is 1. The smallest absolute Gasteiger partial charge is 0.260 e. The second-order valence-electron chi connectivity index (χ2n) is 8.78. The molecule has 2 atom stereocenters. The number of rotatable bonds is 6. The number of fused-ring (bicyclic) bond motifs is 1. The van der Waals surface area contributed by atoms with Crippen molar-refractivity contribution in [3.05, 3.63) is 84.2 Å². The van der Waals surface area contributed by atoms with Gasteiger partial charge in [0.15, 0.2) is 5.13 Å². The number of ether oxygens (including phenoxy) is 1. The summed E-state index contributed by atoms with van der Waals surface area (Å²) < 4.78 is 34.5. The quantitative estimate of drug-likeness (QED) is 0.374. The van der Waals surface area contributed by atoms with E-state index in [9.17, 15) is 13.2 Å². The van der Waals surface area contributed by atoms with Crippen LogP contribution in [-0.2, 0) is 21.3 Å². The van der Waals surface area contributed by atoms with E-state index in [0.717, 1.165) is 15.9 Å². The Kier molecular flexibility index (Phi) is 6.85. The summed E-state index contributed by atoms with van der Waals surface area (Å²) in [6.45, 7) is 4.55. The van der Waals surface area contributed by atoms with Crippen molar-refractivity contribution in [2.24, 2.45) is 0 Å². The van der Waals surface area contributed by atoms with E-state index in [1.807, 2.05) is 56.3 Å². The van der Waals surface area contributed by atoms with Crippen LogP contribution in [0.2, 0.25) is 0 Å². The lowest BCUT2D eigenvalue weighted by Gasteiger charge is -2.34. The van der Waals surface area contributed by atoms with Crippen molar-refractivity contribution in [2.45, 2.75) is 37.5 Å². The van der Waals surface area contributed by atoms with Gasteiger partial charge < -0.3 is 4.74 Å². The standard InChI is InChI=1S/C26H26N4O4S2/c1-18-15-29(16-19(2)34-18)36(32,33)22-12-10-20(11-13-22)25(31)30(17-21-7-5-6-14-27-21)26-28-23-8-3-4-9-24(23)35-26/h3-14,18-19H,15-17H2,1-2H3. The fraction of sp³-hybridized carbons (Fsp3) is 0.269.